The molecule has 136 valence electrons. The fraction of sp³-hybridized carbons (Fsp3) is 0.889. The highest BCUT2D eigenvalue weighted by atomic mass is 28.4. The number of allylic oxidation sites excluding steroid dienone is 1. The fourth-order valence-corrected chi connectivity index (χ4v) is 3.86. The maximum Gasteiger partial charge on any atom is 0.192 e. The van der Waals surface area contributed by atoms with Gasteiger partial charge in [0.1, 0.15) is 12.2 Å². The molecule has 0 aromatic carbocycles. The lowest BCUT2D eigenvalue weighted by Crippen LogP contribution is -2.49. The summed E-state index contributed by atoms with van der Waals surface area (Å²) in [4.78, 5) is 0. The highest BCUT2D eigenvalue weighted by Crippen LogP contribution is 2.40. The van der Waals surface area contributed by atoms with Crippen molar-refractivity contribution in [3.63, 3.8) is 0 Å². The van der Waals surface area contributed by atoms with Gasteiger partial charge in [0.2, 0.25) is 0 Å². The smallest absolute Gasteiger partial charge is 0.192 e. The summed E-state index contributed by atoms with van der Waals surface area (Å²) >= 11 is 0. The number of aliphatic hydroxyl groups excluding tert-OH is 1. The molecule has 0 saturated carbocycles. The van der Waals surface area contributed by atoms with Crippen LogP contribution in [0.5, 0.6) is 0 Å². The Morgan fingerprint density at radius 2 is 1.83 bits per heavy atom. The van der Waals surface area contributed by atoms with E-state index in [-0.39, 0.29) is 30.0 Å². The Kier molecular flexibility index (Phi) is 7.05. The third-order valence-electron chi connectivity index (χ3n) is 4.79. The van der Waals surface area contributed by atoms with Gasteiger partial charge in [-0.15, -0.1) is 0 Å². The van der Waals surface area contributed by atoms with Crippen molar-refractivity contribution < 1.29 is 19.0 Å². The molecule has 1 aliphatic rings. The van der Waals surface area contributed by atoms with Crippen LogP contribution in [0.4, 0.5) is 0 Å². The largest absolute Gasteiger partial charge is 0.411 e. The van der Waals surface area contributed by atoms with Crippen LogP contribution in [0.3, 0.4) is 0 Å². The lowest BCUT2D eigenvalue weighted by atomic mass is 10.1. The molecule has 4 nitrogen and oxygen atoms in total. The first-order valence-electron chi connectivity index (χ1n) is 8.73. The van der Waals surface area contributed by atoms with Gasteiger partial charge in [-0.1, -0.05) is 39.8 Å². The summed E-state index contributed by atoms with van der Waals surface area (Å²) < 4.78 is 18.6. The van der Waals surface area contributed by atoms with Gasteiger partial charge < -0.3 is 19.0 Å². The average Bonchev–Trinajstić information content (AvgIpc) is 2.71. The molecule has 1 N–H and O–H groups in total. The van der Waals surface area contributed by atoms with Gasteiger partial charge in [0, 0.05) is 0 Å². The van der Waals surface area contributed by atoms with Crippen molar-refractivity contribution in [3.8, 4) is 0 Å². The van der Waals surface area contributed by atoms with E-state index in [4.69, 9.17) is 13.9 Å². The molecule has 0 aromatic rings. The van der Waals surface area contributed by atoms with Crippen molar-refractivity contribution in [2.45, 2.75) is 96.6 Å². The van der Waals surface area contributed by atoms with Gasteiger partial charge in [0.15, 0.2) is 14.1 Å². The maximum absolute atomic E-state index is 9.68. The molecule has 23 heavy (non-hydrogen) atoms. The minimum atomic E-state index is -1.94. The van der Waals surface area contributed by atoms with Crippen molar-refractivity contribution >= 4 is 8.32 Å². The third-order valence-corrected chi connectivity index (χ3v) is 9.30. The van der Waals surface area contributed by atoms with Gasteiger partial charge >= 0.3 is 0 Å². The molecule has 0 radical (unpaired) electrons. The van der Waals surface area contributed by atoms with Gasteiger partial charge in [0.05, 0.1) is 12.7 Å². The second-order valence-electron chi connectivity index (χ2n) is 8.35. The number of aliphatic hydroxyl groups is 1. The molecular weight excluding hydrogens is 308 g/mol. The van der Waals surface area contributed by atoms with Gasteiger partial charge in [-0.3, -0.25) is 0 Å². The second kappa shape index (κ2) is 7.79. The van der Waals surface area contributed by atoms with E-state index in [2.05, 4.69) is 52.9 Å². The molecule has 0 bridgehead atoms. The van der Waals surface area contributed by atoms with Crippen molar-refractivity contribution in [1.82, 2.24) is 0 Å². The molecule has 5 heteroatoms. The van der Waals surface area contributed by atoms with E-state index >= 15 is 0 Å². The summed E-state index contributed by atoms with van der Waals surface area (Å²) in [6.45, 7) is 17.0. The van der Waals surface area contributed by atoms with Crippen LogP contribution in [0.15, 0.2) is 12.2 Å². The van der Waals surface area contributed by atoms with Crippen molar-refractivity contribution in [2.75, 3.05) is 6.61 Å². The van der Waals surface area contributed by atoms with Crippen LogP contribution in [0.25, 0.3) is 0 Å². The summed E-state index contributed by atoms with van der Waals surface area (Å²) in [5.74, 6) is -0.679. The predicted molar refractivity (Wildman–Crippen MR) is 97.0 cm³/mol. The van der Waals surface area contributed by atoms with E-state index in [1.54, 1.807) is 0 Å². The SMILES string of the molecule is CC/C=C\C[C@@H](O[Si](C)(C)C(C)(C)C)[C@H]1OC(C)(C)O[C@@H]1CO. The molecular formula is C18H36O4Si. The summed E-state index contributed by atoms with van der Waals surface area (Å²) in [5.41, 5.74) is 0. The van der Waals surface area contributed by atoms with Crippen LogP contribution in [-0.2, 0) is 13.9 Å². The highest BCUT2D eigenvalue weighted by Gasteiger charge is 2.48. The molecule has 0 amide bonds. The van der Waals surface area contributed by atoms with E-state index < -0.39 is 14.1 Å². The summed E-state index contributed by atoms with van der Waals surface area (Å²) in [6.07, 6.45) is 5.40. The first-order valence-corrected chi connectivity index (χ1v) is 11.6. The van der Waals surface area contributed by atoms with Gasteiger partial charge in [-0.25, -0.2) is 0 Å². The topological polar surface area (TPSA) is 47.9 Å². The molecule has 1 rings (SSSR count). The number of hydrogen-bond acceptors (Lipinski definition) is 4. The monoisotopic (exact) mass is 344 g/mol. The van der Waals surface area contributed by atoms with Gasteiger partial charge in [-0.05, 0) is 44.8 Å². The zero-order valence-corrected chi connectivity index (χ0v) is 17.2. The molecule has 1 heterocycles. The van der Waals surface area contributed by atoms with Crippen LogP contribution in [-0.4, -0.2) is 44.1 Å². The Labute approximate surface area is 143 Å². The molecule has 0 spiro atoms. The average molecular weight is 345 g/mol. The van der Waals surface area contributed by atoms with E-state index in [0.29, 0.717) is 0 Å². The highest BCUT2D eigenvalue weighted by molar-refractivity contribution is 6.74. The molecule has 0 aliphatic carbocycles. The number of rotatable bonds is 7. The van der Waals surface area contributed by atoms with Crippen LogP contribution >= 0.6 is 0 Å². The van der Waals surface area contributed by atoms with E-state index in [1.807, 2.05) is 13.8 Å². The first-order chi connectivity index (χ1) is 10.4. The van der Waals surface area contributed by atoms with Gasteiger partial charge in [0.25, 0.3) is 0 Å². The lowest BCUT2D eigenvalue weighted by molar-refractivity contribution is -0.155. The van der Waals surface area contributed by atoms with Crippen molar-refractivity contribution in [1.29, 1.82) is 0 Å². The summed E-state index contributed by atoms with van der Waals surface area (Å²) in [6, 6.07) is 0. The predicted octanol–water partition coefficient (Wildman–Crippen LogP) is 4.25. The van der Waals surface area contributed by atoms with Crippen LogP contribution in [0, 0.1) is 0 Å². The molecule has 3 atom stereocenters. The van der Waals surface area contributed by atoms with E-state index in [1.165, 1.54) is 0 Å². The summed E-state index contributed by atoms with van der Waals surface area (Å²) in [7, 11) is -1.94. The molecule has 1 saturated heterocycles. The maximum atomic E-state index is 9.68. The zero-order valence-electron chi connectivity index (χ0n) is 16.2. The number of hydrogen-bond donors (Lipinski definition) is 1. The van der Waals surface area contributed by atoms with Crippen molar-refractivity contribution in [3.05, 3.63) is 12.2 Å². The van der Waals surface area contributed by atoms with Crippen LogP contribution in [0.1, 0.15) is 54.4 Å². The summed E-state index contributed by atoms with van der Waals surface area (Å²) in [5, 5.41) is 9.81. The van der Waals surface area contributed by atoms with Crippen LogP contribution < -0.4 is 0 Å². The minimum absolute atomic E-state index is 0.0526. The first kappa shape index (κ1) is 20.8. The molecule has 1 aliphatic heterocycles. The zero-order chi connectivity index (χ0) is 17.9. The van der Waals surface area contributed by atoms with Crippen molar-refractivity contribution in [2.24, 2.45) is 0 Å². The second-order valence-corrected chi connectivity index (χ2v) is 13.1. The Hall–Kier alpha value is -0.203. The van der Waals surface area contributed by atoms with E-state index in [0.717, 1.165) is 12.8 Å². The lowest BCUT2D eigenvalue weighted by Gasteiger charge is -2.41. The van der Waals surface area contributed by atoms with Crippen LogP contribution in [0.2, 0.25) is 18.1 Å². The Morgan fingerprint density at radius 3 is 2.30 bits per heavy atom. The minimum Gasteiger partial charge on any atom is -0.411 e. The number of ether oxygens (including phenoxy) is 2. The molecule has 0 unspecified atom stereocenters. The normalized spacial score (nSPS) is 26.8. The third kappa shape index (κ3) is 5.68. The van der Waals surface area contributed by atoms with Gasteiger partial charge in [-0.2, -0.15) is 0 Å². The van der Waals surface area contributed by atoms with E-state index in [9.17, 15) is 5.11 Å². The molecule has 0 aromatic heterocycles. The Morgan fingerprint density at radius 1 is 1.22 bits per heavy atom. The Balaban J connectivity index is 2.98. The Bertz CT molecular complexity index is 398. The standard InChI is InChI=1S/C18H36O4Si/c1-9-10-11-12-14(22-23(7,8)17(2,3)4)16-15(13-19)20-18(5,6)21-16/h10-11,14-16,19H,9,12-13H2,1-8H3/b11-10-/t14-,15-,16-/m1/s1. The molecule has 1 fully saturated rings. The fourth-order valence-electron chi connectivity index (χ4n) is 2.52. The quantitative estimate of drug-likeness (QED) is 0.554.